The van der Waals surface area contributed by atoms with E-state index in [0.717, 1.165) is 44.3 Å². The smallest absolute Gasteiger partial charge is 0.319 e. The molecule has 0 aliphatic carbocycles. The van der Waals surface area contributed by atoms with E-state index in [1.165, 1.54) is 0 Å². The highest BCUT2D eigenvalue weighted by molar-refractivity contribution is 6.30. The molecule has 136 valence electrons. The molecule has 0 bridgehead atoms. The summed E-state index contributed by atoms with van der Waals surface area (Å²) in [5, 5.41) is 3.75. The highest BCUT2D eigenvalue weighted by Crippen LogP contribution is 2.22. The minimum absolute atomic E-state index is 0.0238. The fraction of sp³-hybridized carbons (Fsp3) is 0.579. The fourth-order valence-corrected chi connectivity index (χ4v) is 3.83. The summed E-state index contributed by atoms with van der Waals surface area (Å²) in [5.74, 6) is 0.0463. The Morgan fingerprint density at radius 2 is 1.76 bits per heavy atom. The zero-order valence-corrected chi connectivity index (χ0v) is 15.5. The Kier molecular flexibility index (Phi) is 5.84. The Bertz CT molecular complexity index is 623. The van der Waals surface area contributed by atoms with E-state index in [0.29, 0.717) is 18.1 Å². The van der Waals surface area contributed by atoms with Crippen LogP contribution in [0.2, 0.25) is 5.02 Å². The van der Waals surface area contributed by atoms with Crippen molar-refractivity contribution in [3.63, 3.8) is 0 Å². The van der Waals surface area contributed by atoms with E-state index in [4.69, 9.17) is 11.6 Å². The predicted molar refractivity (Wildman–Crippen MR) is 98.5 cm³/mol. The Balaban J connectivity index is 1.48. The molecule has 0 aromatic heterocycles. The third-order valence-corrected chi connectivity index (χ3v) is 5.46. The number of urea groups is 1. The van der Waals surface area contributed by atoms with Gasteiger partial charge in [-0.05, 0) is 50.3 Å². The number of carbonyl (C=O) groups excluding carboxylic acids is 2. The van der Waals surface area contributed by atoms with Crippen LogP contribution in [-0.4, -0.2) is 47.9 Å². The molecule has 6 heteroatoms. The Morgan fingerprint density at radius 1 is 1.12 bits per heavy atom. The van der Waals surface area contributed by atoms with Crippen LogP contribution in [0.5, 0.6) is 0 Å². The molecule has 2 heterocycles. The van der Waals surface area contributed by atoms with Crippen LogP contribution >= 0.6 is 11.6 Å². The van der Waals surface area contributed by atoms with E-state index in [-0.39, 0.29) is 23.9 Å². The zero-order valence-electron chi connectivity index (χ0n) is 14.7. The first-order valence-electron chi connectivity index (χ1n) is 9.14. The average molecular weight is 364 g/mol. The van der Waals surface area contributed by atoms with Crippen LogP contribution in [0.15, 0.2) is 24.3 Å². The molecule has 1 aromatic rings. The van der Waals surface area contributed by atoms with Crippen LogP contribution in [0, 0.1) is 5.92 Å². The number of nitrogens with zero attached hydrogens (tertiary/aromatic N) is 2. The van der Waals surface area contributed by atoms with E-state index >= 15 is 0 Å². The first-order chi connectivity index (χ1) is 12.0. The first-order valence-corrected chi connectivity index (χ1v) is 9.52. The minimum Gasteiger partial charge on any atom is -0.349 e. The van der Waals surface area contributed by atoms with E-state index in [1.54, 1.807) is 0 Å². The van der Waals surface area contributed by atoms with Gasteiger partial charge in [0.1, 0.15) is 0 Å². The summed E-state index contributed by atoms with van der Waals surface area (Å²) in [6.07, 6.45) is 3.67. The molecule has 0 saturated carbocycles. The molecule has 2 fully saturated rings. The molecule has 2 aliphatic heterocycles. The summed E-state index contributed by atoms with van der Waals surface area (Å²) in [7, 11) is 0. The van der Waals surface area contributed by atoms with E-state index < -0.39 is 0 Å². The van der Waals surface area contributed by atoms with Crippen molar-refractivity contribution in [1.29, 1.82) is 0 Å². The summed E-state index contributed by atoms with van der Waals surface area (Å²) < 4.78 is 0. The van der Waals surface area contributed by atoms with Gasteiger partial charge in [0.25, 0.3) is 0 Å². The lowest BCUT2D eigenvalue weighted by Gasteiger charge is -2.34. The lowest BCUT2D eigenvalue weighted by Crippen LogP contribution is -2.47. The normalized spacial score (nSPS) is 19.8. The zero-order chi connectivity index (χ0) is 17.8. The number of hydrogen-bond acceptors (Lipinski definition) is 2. The molecule has 0 radical (unpaired) electrons. The SMILES string of the molecule is CC(NC(=O)C1CCN(C(=O)N2CCCC2)CC1)c1cccc(Cl)c1. The van der Waals surface area contributed by atoms with Gasteiger partial charge < -0.3 is 15.1 Å². The molecule has 1 aromatic carbocycles. The average Bonchev–Trinajstić information content (AvgIpc) is 3.16. The number of halogens is 1. The van der Waals surface area contributed by atoms with E-state index in [1.807, 2.05) is 41.0 Å². The van der Waals surface area contributed by atoms with E-state index in [2.05, 4.69) is 5.32 Å². The summed E-state index contributed by atoms with van der Waals surface area (Å²) in [6, 6.07) is 7.63. The van der Waals surface area contributed by atoms with Crippen LogP contribution in [0.4, 0.5) is 4.79 Å². The second-order valence-corrected chi connectivity index (χ2v) is 7.46. The fourth-order valence-electron chi connectivity index (χ4n) is 3.63. The number of nitrogens with one attached hydrogen (secondary N) is 1. The maximum atomic E-state index is 12.5. The maximum absolute atomic E-state index is 12.5. The minimum atomic E-state index is -0.0736. The van der Waals surface area contributed by atoms with Gasteiger partial charge in [0.05, 0.1) is 6.04 Å². The van der Waals surface area contributed by atoms with Crippen LogP contribution in [0.1, 0.15) is 44.2 Å². The maximum Gasteiger partial charge on any atom is 0.319 e. The Labute approximate surface area is 154 Å². The van der Waals surface area contributed by atoms with Crippen molar-refractivity contribution in [1.82, 2.24) is 15.1 Å². The van der Waals surface area contributed by atoms with Crippen LogP contribution < -0.4 is 5.32 Å². The molecular formula is C19H26ClN3O2. The summed E-state index contributed by atoms with van der Waals surface area (Å²) in [5.41, 5.74) is 1.00. The molecule has 0 spiro atoms. The predicted octanol–water partition coefficient (Wildman–Crippen LogP) is 3.45. The summed E-state index contributed by atoms with van der Waals surface area (Å²) in [6.45, 7) is 5.04. The number of amides is 3. The molecule has 1 unspecified atom stereocenters. The van der Waals surface area contributed by atoms with Gasteiger partial charge in [-0.2, -0.15) is 0 Å². The molecule has 3 rings (SSSR count). The van der Waals surface area contributed by atoms with Crippen molar-refractivity contribution in [3.8, 4) is 0 Å². The van der Waals surface area contributed by atoms with Gasteiger partial charge in [0.2, 0.25) is 5.91 Å². The van der Waals surface area contributed by atoms with Crippen molar-refractivity contribution in [2.24, 2.45) is 5.92 Å². The molecule has 2 aliphatic rings. The number of hydrogen-bond donors (Lipinski definition) is 1. The Morgan fingerprint density at radius 3 is 2.40 bits per heavy atom. The van der Waals surface area contributed by atoms with Gasteiger partial charge in [-0.25, -0.2) is 4.79 Å². The van der Waals surface area contributed by atoms with Crippen LogP contribution in [0.25, 0.3) is 0 Å². The van der Waals surface area contributed by atoms with Crippen LogP contribution in [0.3, 0.4) is 0 Å². The highest BCUT2D eigenvalue weighted by Gasteiger charge is 2.30. The molecule has 1 N–H and O–H groups in total. The first kappa shape index (κ1) is 18.1. The molecule has 1 atom stereocenters. The van der Waals surface area contributed by atoms with Crippen molar-refractivity contribution in [2.45, 2.75) is 38.6 Å². The van der Waals surface area contributed by atoms with Crippen molar-refractivity contribution >= 4 is 23.5 Å². The second kappa shape index (κ2) is 8.09. The third-order valence-electron chi connectivity index (χ3n) is 5.22. The molecule has 25 heavy (non-hydrogen) atoms. The number of piperidine rings is 1. The van der Waals surface area contributed by atoms with Gasteiger partial charge in [-0.1, -0.05) is 23.7 Å². The van der Waals surface area contributed by atoms with Crippen molar-refractivity contribution in [3.05, 3.63) is 34.9 Å². The number of rotatable bonds is 3. The second-order valence-electron chi connectivity index (χ2n) is 7.02. The van der Waals surface area contributed by atoms with E-state index in [9.17, 15) is 9.59 Å². The van der Waals surface area contributed by atoms with Crippen molar-refractivity contribution < 1.29 is 9.59 Å². The molecule has 3 amide bonds. The standard InChI is InChI=1S/C19H26ClN3O2/c1-14(16-5-4-6-17(20)13-16)21-18(24)15-7-11-23(12-8-15)19(25)22-9-2-3-10-22/h4-6,13-15H,2-3,7-12H2,1H3,(H,21,24). The molecular weight excluding hydrogens is 338 g/mol. The Hall–Kier alpha value is -1.75. The van der Waals surface area contributed by atoms with Gasteiger partial charge in [-0.3, -0.25) is 4.79 Å². The number of benzene rings is 1. The van der Waals surface area contributed by atoms with Gasteiger partial charge in [0.15, 0.2) is 0 Å². The van der Waals surface area contributed by atoms with Crippen molar-refractivity contribution in [2.75, 3.05) is 26.2 Å². The quantitative estimate of drug-likeness (QED) is 0.894. The van der Waals surface area contributed by atoms with Gasteiger partial charge in [0, 0.05) is 37.1 Å². The lowest BCUT2D eigenvalue weighted by atomic mass is 9.95. The summed E-state index contributed by atoms with van der Waals surface area (Å²) in [4.78, 5) is 28.8. The molecule has 5 nitrogen and oxygen atoms in total. The van der Waals surface area contributed by atoms with Gasteiger partial charge >= 0.3 is 6.03 Å². The molecule has 2 saturated heterocycles. The summed E-state index contributed by atoms with van der Waals surface area (Å²) >= 11 is 6.02. The largest absolute Gasteiger partial charge is 0.349 e. The monoisotopic (exact) mass is 363 g/mol. The van der Waals surface area contributed by atoms with Crippen LogP contribution in [-0.2, 0) is 4.79 Å². The van der Waals surface area contributed by atoms with Gasteiger partial charge in [-0.15, -0.1) is 0 Å². The number of carbonyl (C=O) groups is 2. The highest BCUT2D eigenvalue weighted by atomic mass is 35.5. The number of likely N-dealkylation sites (tertiary alicyclic amines) is 2. The third kappa shape index (κ3) is 4.46. The lowest BCUT2D eigenvalue weighted by molar-refractivity contribution is -0.126. The topological polar surface area (TPSA) is 52.7 Å².